The summed E-state index contributed by atoms with van der Waals surface area (Å²) in [5.41, 5.74) is 0.460. The van der Waals surface area contributed by atoms with Crippen molar-refractivity contribution in [1.29, 1.82) is 0 Å². The van der Waals surface area contributed by atoms with E-state index in [4.69, 9.17) is 4.42 Å². The molecule has 1 fully saturated rings. The number of rotatable bonds is 4. The van der Waals surface area contributed by atoms with Crippen molar-refractivity contribution < 1.29 is 17.6 Å². The van der Waals surface area contributed by atoms with E-state index in [1.54, 1.807) is 6.07 Å². The minimum absolute atomic E-state index is 0.0824. The minimum Gasteiger partial charge on any atom is -0.444 e. The Morgan fingerprint density at radius 2 is 1.96 bits per heavy atom. The summed E-state index contributed by atoms with van der Waals surface area (Å²) < 4.78 is 34.3. The molecule has 1 aliphatic heterocycles. The van der Waals surface area contributed by atoms with E-state index in [1.807, 2.05) is 11.9 Å². The van der Waals surface area contributed by atoms with Gasteiger partial charge in [0.2, 0.25) is 0 Å². The molecule has 1 aromatic carbocycles. The zero-order chi connectivity index (χ0) is 18.0. The fraction of sp³-hybridized carbons (Fsp3) is 0.250. The van der Waals surface area contributed by atoms with Gasteiger partial charge in [-0.1, -0.05) is 0 Å². The van der Waals surface area contributed by atoms with E-state index in [9.17, 15) is 13.2 Å². The van der Waals surface area contributed by atoms with Gasteiger partial charge in [0.25, 0.3) is 15.9 Å². The Morgan fingerprint density at radius 1 is 1.24 bits per heavy atom. The maximum Gasteiger partial charge on any atom is 0.291 e. The smallest absolute Gasteiger partial charge is 0.291 e. The second-order valence-corrected chi connectivity index (χ2v) is 7.98. The van der Waals surface area contributed by atoms with Crippen molar-refractivity contribution in [1.82, 2.24) is 4.90 Å². The van der Waals surface area contributed by atoms with Crippen molar-refractivity contribution in [3.63, 3.8) is 0 Å². The SMILES string of the molecule is CN1CCC/C1=N/S(=O)(=O)c1ccc(NC(=O)c2ccc(Br)o2)cc1. The summed E-state index contributed by atoms with van der Waals surface area (Å²) in [6.07, 6.45) is 1.56. The van der Waals surface area contributed by atoms with Gasteiger partial charge < -0.3 is 14.6 Å². The van der Waals surface area contributed by atoms with Gasteiger partial charge >= 0.3 is 0 Å². The Labute approximate surface area is 153 Å². The average molecular weight is 426 g/mol. The minimum atomic E-state index is -3.76. The van der Waals surface area contributed by atoms with Crippen LogP contribution in [-0.4, -0.2) is 38.7 Å². The highest BCUT2D eigenvalue weighted by Crippen LogP contribution is 2.20. The van der Waals surface area contributed by atoms with Gasteiger partial charge in [0, 0.05) is 25.7 Å². The molecule has 9 heteroatoms. The molecule has 0 bridgehead atoms. The second-order valence-electron chi connectivity index (χ2n) is 5.59. The lowest BCUT2D eigenvalue weighted by Crippen LogP contribution is -2.20. The molecule has 0 saturated carbocycles. The average Bonchev–Trinajstić information content (AvgIpc) is 3.17. The lowest BCUT2D eigenvalue weighted by Gasteiger charge is -2.11. The van der Waals surface area contributed by atoms with Gasteiger partial charge in [0.15, 0.2) is 10.4 Å². The number of hydrogen-bond acceptors (Lipinski definition) is 4. The molecular weight excluding hydrogens is 410 g/mol. The van der Waals surface area contributed by atoms with Crippen molar-refractivity contribution in [3.05, 3.63) is 46.8 Å². The summed E-state index contributed by atoms with van der Waals surface area (Å²) in [6.45, 7) is 0.808. The molecule has 25 heavy (non-hydrogen) atoms. The van der Waals surface area contributed by atoms with Crippen molar-refractivity contribution >= 4 is 43.4 Å². The molecule has 0 radical (unpaired) electrons. The summed E-state index contributed by atoms with van der Waals surface area (Å²) in [6, 6.07) is 9.02. The molecule has 7 nitrogen and oxygen atoms in total. The zero-order valence-corrected chi connectivity index (χ0v) is 15.8. The van der Waals surface area contributed by atoms with Crippen molar-refractivity contribution in [2.75, 3.05) is 18.9 Å². The van der Waals surface area contributed by atoms with E-state index in [0.29, 0.717) is 22.6 Å². The number of carbonyl (C=O) groups is 1. The molecule has 1 amide bonds. The molecule has 0 spiro atoms. The Bertz CT molecular complexity index is 919. The molecular formula is C16H16BrN3O4S. The van der Waals surface area contributed by atoms with Crippen LogP contribution >= 0.6 is 15.9 Å². The van der Waals surface area contributed by atoms with Gasteiger partial charge in [-0.05, 0) is 58.7 Å². The highest BCUT2D eigenvalue weighted by atomic mass is 79.9. The quantitative estimate of drug-likeness (QED) is 0.811. The fourth-order valence-electron chi connectivity index (χ4n) is 2.44. The van der Waals surface area contributed by atoms with E-state index in [0.717, 1.165) is 13.0 Å². The number of nitrogens with zero attached hydrogens (tertiary/aromatic N) is 2. The molecule has 3 rings (SSSR count). The Kier molecular flexibility index (Phi) is 4.96. The van der Waals surface area contributed by atoms with Crippen molar-refractivity contribution in [2.45, 2.75) is 17.7 Å². The van der Waals surface area contributed by atoms with Crippen LogP contribution in [0.4, 0.5) is 5.69 Å². The van der Waals surface area contributed by atoms with Crippen LogP contribution in [0.25, 0.3) is 0 Å². The highest BCUT2D eigenvalue weighted by molar-refractivity contribution is 9.10. The lowest BCUT2D eigenvalue weighted by molar-refractivity contribution is 0.0995. The third-order valence-corrected chi connectivity index (χ3v) is 5.51. The monoisotopic (exact) mass is 425 g/mol. The Morgan fingerprint density at radius 3 is 2.52 bits per heavy atom. The number of sulfonamides is 1. The normalized spacial score (nSPS) is 16.4. The third-order valence-electron chi connectivity index (χ3n) is 3.77. The van der Waals surface area contributed by atoms with Crippen LogP contribution in [0, 0.1) is 0 Å². The number of amidine groups is 1. The number of likely N-dealkylation sites (tertiary alicyclic amines) is 1. The van der Waals surface area contributed by atoms with E-state index >= 15 is 0 Å². The molecule has 0 unspecified atom stereocenters. The predicted octanol–water partition coefficient (Wildman–Crippen LogP) is 3.11. The van der Waals surface area contributed by atoms with Crippen molar-refractivity contribution in [3.8, 4) is 0 Å². The largest absolute Gasteiger partial charge is 0.444 e. The number of anilines is 1. The summed E-state index contributed by atoms with van der Waals surface area (Å²) in [4.78, 5) is 13.9. The summed E-state index contributed by atoms with van der Waals surface area (Å²) >= 11 is 3.13. The van der Waals surface area contributed by atoms with E-state index in [-0.39, 0.29) is 10.7 Å². The lowest BCUT2D eigenvalue weighted by atomic mass is 10.3. The molecule has 1 aliphatic rings. The number of carbonyl (C=O) groups excluding carboxylic acids is 1. The summed E-state index contributed by atoms with van der Waals surface area (Å²) in [5.74, 6) is 0.300. The molecule has 1 N–H and O–H groups in total. The van der Waals surface area contributed by atoms with Crippen molar-refractivity contribution in [2.24, 2.45) is 4.40 Å². The maximum absolute atomic E-state index is 12.4. The molecule has 1 aromatic heterocycles. The first-order valence-electron chi connectivity index (χ1n) is 7.57. The van der Waals surface area contributed by atoms with Crippen LogP contribution in [0.3, 0.4) is 0 Å². The Hall–Kier alpha value is -2.13. The standard InChI is InChI=1S/C16H16BrN3O4S/c1-20-10-2-3-15(20)19-25(22,23)12-6-4-11(5-7-12)18-16(21)13-8-9-14(17)24-13/h4-9H,2-3,10H2,1H3,(H,18,21)/b19-15-. The highest BCUT2D eigenvalue weighted by Gasteiger charge is 2.20. The number of furan rings is 1. The molecule has 2 heterocycles. The van der Waals surface area contributed by atoms with Gasteiger partial charge in [-0.15, -0.1) is 4.40 Å². The number of amides is 1. The van der Waals surface area contributed by atoms with Gasteiger partial charge in [-0.3, -0.25) is 4.79 Å². The summed E-state index contributed by atoms with van der Waals surface area (Å²) in [5, 5.41) is 2.64. The zero-order valence-electron chi connectivity index (χ0n) is 13.4. The number of halogens is 1. The summed E-state index contributed by atoms with van der Waals surface area (Å²) in [7, 11) is -1.94. The first kappa shape index (κ1) is 17.7. The van der Waals surface area contributed by atoms with Crippen LogP contribution < -0.4 is 5.32 Å². The van der Waals surface area contributed by atoms with E-state index < -0.39 is 15.9 Å². The first-order chi connectivity index (χ1) is 11.8. The van der Waals surface area contributed by atoms with Crippen LogP contribution in [0.15, 0.2) is 54.8 Å². The van der Waals surface area contributed by atoms with Crippen LogP contribution in [0.1, 0.15) is 23.4 Å². The Balaban J connectivity index is 1.74. The topological polar surface area (TPSA) is 92.0 Å². The third kappa shape index (κ3) is 4.10. The van der Waals surface area contributed by atoms with Gasteiger partial charge in [-0.25, -0.2) is 0 Å². The van der Waals surface area contributed by atoms with Gasteiger partial charge in [0.1, 0.15) is 5.84 Å². The fourth-order valence-corrected chi connectivity index (χ4v) is 3.84. The number of nitrogens with one attached hydrogen (secondary N) is 1. The molecule has 132 valence electrons. The predicted molar refractivity (Wildman–Crippen MR) is 97.3 cm³/mol. The number of benzene rings is 1. The second kappa shape index (κ2) is 7.01. The molecule has 2 aromatic rings. The van der Waals surface area contributed by atoms with Crippen LogP contribution in [0.2, 0.25) is 0 Å². The first-order valence-corrected chi connectivity index (χ1v) is 9.80. The molecule has 0 aliphatic carbocycles. The molecule has 0 atom stereocenters. The van der Waals surface area contributed by atoms with Crippen LogP contribution in [0.5, 0.6) is 0 Å². The van der Waals surface area contributed by atoms with Gasteiger partial charge in [0.05, 0.1) is 4.90 Å². The van der Waals surface area contributed by atoms with E-state index in [1.165, 1.54) is 30.3 Å². The van der Waals surface area contributed by atoms with Gasteiger partial charge in [-0.2, -0.15) is 8.42 Å². The molecule has 1 saturated heterocycles. The maximum atomic E-state index is 12.4. The van der Waals surface area contributed by atoms with Crippen LogP contribution in [-0.2, 0) is 10.0 Å². The number of hydrogen-bond donors (Lipinski definition) is 1. The van der Waals surface area contributed by atoms with E-state index in [2.05, 4.69) is 25.6 Å².